The van der Waals surface area contributed by atoms with E-state index in [4.69, 9.17) is 0 Å². The first kappa shape index (κ1) is 13.5. The molecule has 2 aromatic carbocycles. The average molecular weight is 276 g/mol. The molecule has 2 rings (SSSR count). The summed E-state index contributed by atoms with van der Waals surface area (Å²) in [7, 11) is 0. The second kappa shape index (κ2) is 4.60. The Morgan fingerprint density at radius 2 is 1.42 bits per heavy atom. The highest BCUT2D eigenvalue weighted by Gasteiger charge is 2.31. The van der Waals surface area contributed by atoms with Crippen molar-refractivity contribution in [3.63, 3.8) is 0 Å². The molecule has 0 heterocycles. The van der Waals surface area contributed by atoms with E-state index in [9.17, 15) is 26.3 Å². The lowest BCUT2D eigenvalue weighted by Crippen LogP contribution is -2.05. The highest BCUT2D eigenvalue weighted by Crippen LogP contribution is 2.34. The summed E-state index contributed by atoms with van der Waals surface area (Å²) in [4.78, 5) is 0. The van der Waals surface area contributed by atoms with Gasteiger partial charge in [0.2, 0.25) is 0 Å². The molecule has 0 N–H and O–H groups in total. The molecule has 0 aliphatic carbocycles. The third-order valence-corrected chi connectivity index (χ3v) is 2.54. The molecule has 0 saturated carbocycles. The minimum Gasteiger partial charge on any atom is -0.206 e. The maximum atomic E-state index is 13.5. The third kappa shape index (κ3) is 2.57. The molecule has 0 amide bonds. The highest BCUT2D eigenvalue weighted by molar-refractivity contribution is 5.66. The van der Waals surface area contributed by atoms with Gasteiger partial charge in [-0.3, -0.25) is 0 Å². The van der Waals surface area contributed by atoms with Gasteiger partial charge in [0.1, 0.15) is 5.82 Å². The molecule has 2 aromatic rings. The standard InChI is InChI=1S/C13H6F6/c14-10-5-4-7(13(17,18)19)6-9(10)8-2-1-3-11(15)12(8)16/h1-6H. The van der Waals surface area contributed by atoms with E-state index in [0.29, 0.717) is 18.2 Å². The predicted octanol–water partition coefficient (Wildman–Crippen LogP) is 4.79. The van der Waals surface area contributed by atoms with E-state index < -0.39 is 40.3 Å². The highest BCUT2D eigenvalue weighted by atomic mass is 19.4. The summed E-state index contributed by atoms with van der Waals surface area (Å²) in [5.74, 6) is -3.70. The Morgan fingerprint density at radius 1 is 0.737 bits per heavy atom. The van der Waals surface area contributed by atoms with Crippen molar-refractivity contribution in [2.45, 2.75) is 6.18 Å². The summed E-state index contributed by atoms with van der Waals surface area (Å²) in [6.45, 7) is 0. The number of rotatable bonds is 1. The van der Waals surface area contributed by atoms with Crippen molar-refractivity contribution in [3.8, 4) is 11.1 Å². The molecule has 0 aliphatic rings. The van der Waals surface area contributed by atoms with E-state index in [0.717, 1.165) is 18.2 Å². The predicted molar refractivity (Wildman–Crippen MR) is 56.8 cm³/mol. The van der Waals surface area contributed by atoms with Crippen molar-refractivity contribution < 1.29 is 26.3 Å². The largest absolute Gasteiger partial charge is 0.416 e. The number of hydrogen-bond donors (Lipinski definition) is 0. The molecule has 0 radical (unpaired) electrons. The Hall–Kier alpha value is -1.98. The molecule has 0 unspecified atom stereocenters. The van der Waals surface area contributed by atoms with E-state index in [2.05, 4.69) is 0 Å². The summed E-state index contributed by atoms with van der Waals surface area (Å²) >= 11 is 0. The molecule has 0 saturated heterocycles. The molecule has 0 aliphatic heterocycles. The van der Waals surface area contributed by atoms with Crippen LogP contribution in [-0.4, -0.2) is 0 Å². The van der Waals surface area contributed by atoms with E-state index in [1.54, 1.807) is 0 Å². The molecule has 0 bridgehead atoms. The van der Waals surface area contributed by atoms with Crippen LogP contribution in [0, 0.1) is 17.5 Å². The molecular weight excluding hydrogens is 270 g/mol. The fourth-order valence-corrected chi connectivity index (χ4v) is 1.62. The molecule has 0 nitrogen and oxygen atoms in total. The molecule has 0 atom stereocenters. The van der Waals surface area contributed by atoms with Gasteiger partial charge >= 0.3 is 6.18 Å². The minimum absolute atomic E-state index is 0.452. The van der Waals surface area contributed by atoms with Gasteiger partial charge in [-0.05, 0) is 24.3 Å². The van der Waals surface area contributed by atoms with Gasteiger partial charge < -0.3 is 0 Å². The third-order valence-electron chi connectivity index (χ3n) is 2.54. The topological polar surface area (TPSA) is 0 Å². The summed E-state index contributed by atoms with van der Waals surface area (Å²) in [5.41, 5.74) is -2.32. The van der Waals surface area contributed by atoms with Crippen LogP contribution in [0.5, 0.6) is 0 Å². The number of halogens is 6. The van der Waals surface area contributed by atoms with Crippen molar-refractivity contribution in [3.05, 3.63) is 59.4 Å². The Balaban J connectivity index is 2.65. The molecule has 0 aromatic heterocycles. The van der Waals surface area contributed by atoms with Gasteiger partial charge in [-0.2, -0.15) is 13.2 Å². The molecule has 19 heavy (non-hydrogen) atoms. The first-order chi connectivity index (χ1) is 8.80. The van der Waals surface area contributed by atoms with Crippen LogP contribution in [-0.2, 0) is 6.18 Å². The van der Waals surface area contributed by atoms with E-state index in [1.807, 2.05) is 0 Å². The fraction of sp³-hybridized carbons (Fsp3) is 0.0769. The van der Waals surface area contributed by atoms with E-state index in [-0.39, 0.29) is 0 Å². The van der Waals surface area contributed by atoms with Gasteiger partial charge in [-0.1, -0.05) is 12.1 Å². The Bertz CT molecular complexity index is 615. The minimum atomic E-state index is -4.69. The second-order valence-electron chi connectivity index (χ2n) is 3.79. The molecule has 0 spiro atoms. The number of benzene rings is 2. The zero-order chi connectivity index (χ0) is 14.2. The van der Waals surface area contributed by atoms with Crippen molar-refractivity contribution in [2.75, 3.05) is 0 Å². The zero-order valence-electron chi connectivity index (χ0n) is 9.23. The lowest BCUT2D eigenvalue weighted by molar-refractivity contribution is -0.137. The Kier molecular flexibility index (Phi) is 3.26. The maximum absolute atomic E-state index is 13.5. The summed E-state index contributed by atoms with van der Waals surface area (Å²) in [5, 5.41) is 0. The number of alkyl halides is 3. The van der Waals surface area contributed by atoms with Crippen LogP contribution < -0.4 is 0 Å². The number of hydrogen-bond acceptors (Lipinski definition) is 0. The quantitative estimate of drug-likeness (QED) is 0.657. The zero-order valence-corrected chi connectivity index (χ0v) is 9.23. The summed E-state index contributed by atoms with van der Waals surface area (Å²) in [6, 6.07) is 4.46. The smallest absolute Gasteiger partial charge is 0.206 e. The van der Waals surface area contributed by atoms with Crippen LogP contribution >= 0.6 is 0 Å². The fourth-order valence-electron chi connectivity index (χ4n) is 1.62. The SMILES string of the molecule is Fc1ccc(C(F)(F)F)cc1-c1cccc(F)c1F. The molecular formula is C13H6F6. The molecule has 0 fully saturated rings. The van der Waals surface area contributed by atoms with Crippen molar-refractivity contribution in [2.24, 2.45) is 0 Å². The Labute approximate surface area is 104 Å². The van der Waals surface area contributed by atoms with Gasteiger partial charge in [0.05, 0.1) is 5.56 Å². The second-order valence-corrected chi connectivity index (χ2v) is 3.79. The lowest BCUT2D eigenvalue weighted by atomic mass is 10.0. The normalized spacial score (nSPS) is 11.7. The summed E-state index contributed by atoms with van der Waals surface area (Å²) < 4.78 is 77.5. The van der Waals surface area contributed by atoms with Gasteiger partial charge in [0, 0.05) is 11.1 Å². The van der Waals surface area contributed by atoms with Crippen LogP contribution in [0.4, 0.5) is 26.3 Å². The first-order valence-corrected chi connectivity index (χ1v) is 5.12. The average Bonchev–Trinajstić information content (AvgIpc) is 2.32. The Morgan fingerprint density at radius 3 is 2.05 bits per heavy atom. The maximum Gasteiger partial charge on any atom is 0.416 e. The summed E-state index contributed by atoms with van der Waals surface area (Å²) in [6.07, 6.45) is -4.69. The van der Waals surface area contributed by atoms with Crippen LogP contribution in [0.15, 0.2) is 36.4 Å². The van der Waals surface area contributed by atoms with E-state index >= 15 is 0 Å². The van der Waals surface area contributed by atoms with Crippen molar-refractivity contribution in [1.82, 2.24) is 0 Å². The lowest BCUT2D eigenvalue weighted by Gasteiger charge is -2.10. The van der Waals surface area contributed by atoms with Crippen LogP contribution in [0.1, 0.15) is 5.56 Å². The van der Waals surface area contributed by atoms with Crippen molar-refractivity contribution in [1.29, 1.82) is 0 Å². The molecule has 100 valence electrons. The van der Waals surface area contributed by atoms with Gasteiger partial charge in [0.15, 0.2) is 11.6 Å². The van der Waals surface area contributed by atoms with Gasteiger partial charge in [0.25, 0.3) is 0 Å². The van der Waals surface area contributed by atoms with E-state index in [1.165, 1.54) is 0 Å². The molecule has 6 heteroatoms. The monoisotopic (exact) mass is 276 g/mol. The van der Waals surface area contributed by atoms with Crippen LogP contribution in [0.3, 0.4) is 0 Å². The van der Waals surface area contributed by atoms with Gasteiger partial charge in [-0.15, -0.1) is 0 Å². The van der Waals surface area contributed by atoms with Crippen molar-refractivity contribution >= 4 is 0 Å². The first-order valence-electron chi connectivity index (χ1n) is 5.12. The van der Waals surface area contributed by atoms with Gasteiger partial charge in [-0.25, -0.2) is 13.2 Å². The van der Waals surface area contributed by atoms with Crippen LogP contribution in [0.2, 0.25) is 0 Å². The van der Waals surface area contributed by atoms with Crippen LogP contribution in [0.25, 0.3) is 11.1 Å².